The van der Waals surface area contributed by atoms with E-state index in [2.05, 4.69) is 45.6 Å². The molecular formula is C31H40N4O2. The van der Waals surface area contributed by atoms with E-state index >= 15 is 0 Å². The smallest absolute Gasteiger partial charge is 0.251 e. The number of amides is 1. The van der Waals surface area contributed by atoms with Crippen molar-refractivity contribution in [3.63, 3.8) is 0 Å². The van der Waals surface area contributed by atoms with Crippen LogP contribution in [0.2, 0.25) is 0 Å². The van der Waals surface area contributed by atoms with Crippen molar-refractivity contribution >= 4 is 5.91 Å². The predicted octanol–water partition coefficient (Wildman–Crippen LogP) is 5.30. The second-order valence-corrected chi connectivity index (χ2v) is 10.8. The van der Waals surface area contributed by atoms with Gasteiger partial charge in [-0.3, -0.25) is 14.4 Å². The first kappa shape index (κ1) is 25.5. The molecule has 0 unspecified atom stereocenters. The van der Waals surface area contributed by atoms with Crippen LogP contribution >= 0.6 is 0 Å². The van der Waals surface area contributed by atoms with Crippen LogP contribution in [0.1, 0.15) is 70.5 Å². The number of hydrogen-bond acceptors (Lipinski definition) is 4. The summed E-state index contributed by atoms with van der Waals surface area (Å²) < 4.78 is 8.17. The molecule has 3 aromatic rings. The highest BCUT2D eigenvalue weighted by molar-refractivity contribution is 5.94. The van der Waals surface area contributed by atoms with Gasteiger partial charge in [0, 0.05) is 37.3 Å². The van der Waals surface area contributed by atoms with Crippen molar-refractivity contribution in [1.82, 2.24) is 20.0 Å². The average molecular weight is 501 g/mol. The number of nitrogens with zero attached hydrogens (tertiary/aromatic N) is 3. The summed E-state index contributed by atoms with van der Waals surface area (Å²) in [5.41, 5.74) is 6.46. The van der Waals surface area contributed by atoms with Gasteiger partial charge < -0.3 is 10.1 Å². The molecule has 1 saturated carbocycles. The SMILES string of the molecule is Cc1cc(C)n(CCNC(=O)c2ccc3c(c2)Cc2cccc(c2)CN(CC2CC2)CCCCCO3)n1. The number of aryl methyl sites for hydroxylation is 2. The number of benzene rings is 2. The Morgan fingerprint density at radius 3 is 2.73 bits per heavy atom. The summed E-state index contributed by atoms with van der Waals surface area (Å²) in [4.78, 5) is 15.6. The molecule has 1 aromatic heterocycles. The first-order valence-electron chi connectivity index (χ1n) is 13.9. The Labute approximate surface area is 221 Å². The molecule has 1 amide bonds. The average Bonchev–Trinajstić information content (AvgIpc) is 3.63. The molecule has 2 aliphatic rings. The topological polar surface area (TPSA) is 59.4 Å². The van der Waals surface area contributed by atoms with Gasteiger partial charge in [0.15, 0.2) is 0 Å². The van der Waals surface area contributed by atoms with Crippen LogP contribution in [0.3, 0.4) is 0 Å². The fourth-order valence-corrected chi connectivity index (χ4v) is 5.29. The minimum absolute atomic E-state index is 0.0618. The van der Waals surface area contributed by atoms with Crippen molar-refractivity contribution in [3.8, 4) is 5.75 Å². The van der Waals surface area contributed by atoms with Gasteiger partial charge >= 0.3 is 0 Å². The predicted molar refractivity (Wildman–Crippen MR) is 147 cm³/mol. The van der Waals surface area contributed by atoms with Gasteiger partial charge in [0.25, 0.3) is 5.91 Å². The lowest BCUT2D eigenvalue weighted by atomic mass is 9.99. The summed E-state index contributed by atoms with van der Waals surface area (Å²) in [6.07, 6.45) is 6.96. The zero-order valence-corrected chi connectivity index (χ0v) is 22.3. The Kier molecular flexibility index (Phi) is 8.24. The molecule has 5 rings (SSSR count). The third-order valence-corrected chi connectivity index (χ3v) is 7.42. The van der Waals surface area contributed by atoms with Crippen molar-refractivity contribution in [3.05, 3.63) is 82.2 Å². The van der Waals surface area contributed by atoms with Crippen LogP contribution in [0.4, 0.5) is 0 Å². The molecule has 0 atom stereocenters. The Morgan fingerprint density at radius 1 is 1.05 bits per heavy atom. The Hall–Kier alpha value is -3.12. The zero-order valence-electron chi connectivity index (χ0n) is 22.3. The van der Waals surface area contributed by atoms with Gasteiger partial charge in [-0.15, -0.1) is 0 Å². The zero-order chi connectivity index (χ0) is 25.6. The van der Waals surface area contributed by atoms with Gasteiger partial charge in [0.1, 0.15) is 5.75 Å². The molecule has 1 fully saturated rings. The van der Waals surface area contributed by atoms with Crippen LogP contribution in [0.25, 0.3) is 0 Å². The maximum atomic E-state index is 13.0. The van der Waals surface area contributed by atoms with Crippen molar-refractivity contribution in [1.29, 1.82) is 0 Å². The lowest BCUT2D eigenvalue weighted by molar-refractivity contribution is 0.0951. The van der Waals surface area contributed by atoms with Gasteiger partial charge in [-0.05, 0) is 99.4 Å². The molecule has 6 heteroatoms. The van der Waals surface area contributed by atoms with Crippen molar-refractivity contribution < 1.29 is 9.53 Å². The maximum Gasteiger partial charge on any atom is 0.251 e. The van der Waals surface area contributed by atoms with E-state index in [1.165, 1.54) is 43.4 Å². The highest BCUT2D eigenvalue weighted by Gasteiger charge is 2.24. The number of hydrogen-bond donors (Lipinski definition) is 1. The summed E-state index contributed by atoms with van der Waals surface area (Å²) in [5, 5.41) is 7.54. The van der Waals surface area contributed by atoms with Crippen LogP contribution < -0.4 is 10.1 Å². The van der Waals surface area contributed by atoms with E-state index in [1.807, 2.05) is 36.7 Å². The van der Waals surface area contributed by atoms with Crippen LogP contribution in [-0.4, -0.2) is 46.8 Å². The number of rotatable bonds is 6. The monoisotopic (exact) mass is 500 g/mol. The van der Waals surface area contributed by atoms with Crippen molar-refractivity contribution in [2.75, 3.05) is 26.2 Å². The van der Waals surface area contributed by atoms with Crippen LogP contribution in [-0.2, 0) is 19.5 Å². The molecule has 0 radical (unpaired) electrons. The molecule has 2 heterocycles. The molecule has 6 nitrogen and oxygen atoms in total. The standard InChI is InChI=1S/C31H40N4O2/c1-23-17-24(2)35(33-23)15-13-32-31(36)28-11-12-30-29(20-28)19-26-7-6-8-27(18-26)22-34(21-25-9-10-25)14-4-3-5-16-37-30/h6-8,11-12,17-18,20,25H,3-5,9-10,13-16,19,21-22H2,1-2H3,(H,32,36). The summed E-state index contributed by atoms with van der Waals surface area (Å²) in [6.45, 7) is 9.33. The summed E-state index contributed by atoms with van der Waals surface area (Å²) in [6, 6.07) is 16.8. The molecule has 0 saturated heterocycles. The summed E-state index contributed by atoms with van der Waals surface area (Å²) in [7, 11) is 0. The number of carbonyl (C=O) groups excluding carboxylic acids is 1. The number of nitrogens with one attached hydrogen (secondary N) is 1. The van der Waals surface area contributed by atoms with E-state index in [4.69, 9.17) is 4.74 Å². The fraction of sp³-hybridized carbons (Fsp3) is 0.484. The van der Waals surface area contributed by atoms with Gasteiger partial charge in [-0.25, -0.2) is 0 Å². The molecule has 2 bridgehead atoms. The fourth-order valence-electron chi connectivity index (χ4n) is 5.29. The van der Waals surface area contributed by atoms with E-state index in [-0.39, 0.29) is 5.91 Å². The molecule has 0 spiro atoms. The number of carbonyl (C=O) groups is 1. The quantitative estimate of drug-likeness (QED) is 0.499. The van der Waals surface area contributed by atoms with Crippen LogP contribution in [0, 0.1) is 19.8 Å². The minimum atomic E-state index is -0.0618. The first-order chi connectivity index (χ1) is 18.0. The second-order valence-electron chi connectivity index (χ2n) is 10.8. The van der Waals surface area contributed by atoms with Gasteiger partial charge in [0.2, 0.25) is 0 Å². The molecule has 1 aliphatic carbocycles. The minimum Gasteiger partial charge on any atom is -0.493 e. The molecular weight excluding hydrogens is 460 g/mol. The Bertz CT molecular complexity index is 1210. The lowest BCUT2D eigenvalue weighted by Gasteiger charge is -2.23. The molecule has 1 N–H and O–H groups in total. The second kappa shape index (κ2) is 12.0. The van der Waals surface area contributed by atoms with Gasteiger partial charge in [-0.1, -0.05) is 24.3 Å². The van der Waals surface area contributed by atoms with Crippen molar-refractivity contribution in [2.45, 2.75) is 65.5 Å². The summed E-state index contributed by atoms with van der Waals surface area (Å²) >= 11 is 0. The molecule has 196 valence electrons. The van der Waals surface area contributed by atoms with E-state index in [1.54, 1.807) is 0 Å². The number of ether oxygens (including phenoxy) is 1. The molecule has 2 aromatic carbocycles. The third-order valence-electron chi connectivity index (χ3n) is 7.42. The van der Waals surface area contributed by atoms with E-state index < -0.39 is 0 Å². The first-order valence-corrected chi connectivity index (χ1v) is 13.9. The molecule has 37 heavy (non-hydrogen) atoms. The highest BCUT2D eigenvalue weighted by atomic mass is 16.5. The van der Waals surface area contributed by atoms with Gasteiger partial charge in [-0.2, -0.15) is 5.10 Å². The highest BCUT2D eigenvalue weighted by Crippen LogP contribution is 2.31. The van der Waals surface area contributed by atoms with E-state index in [0.717, 1.165) is 54.5 Å². The van der Waals surface area contributed by atoms with Crippen molar-refractivity contribution in [2.24, 2.45) is 5.92 Å². The largest absolute Gasteiger partial charge is 0.493 e. The maximum absolute atomic E-state index is 13.0. The Morgan fingerprint density at radius 2 is 1.92 bits per heavy atom. The third kappa shape index (κ3) is 7.22. The lowest BCUT2D eigenvalue weighted by Crippen LogP contribution is -2.28. The number of fused-ring (bicyclic) bond motifs is 3. The molecule has 1 aliphatic heterocycles. The van der Waals surface area contributed by atoms with E-state index in [9.17, 15) is 4.79 Å². The normalized spacial score (nSPS) is 16.9. The van der Waals surface area contributed by atoms with Crippen LogP contribution in [0.15, 0.2) is 48.5 Å². The van der Waals surface area contributed by atoms with E-state index in [0.29, 0.717) is 25.3 Å². The summed E-state index contributed by atoms with van der Waals surface area (Å²) in [5.74, 6) is 1.72. The van der Waals surface area contributed by atoms with Gasteiger partial charge in [0.05, 0.1) is 18.8 Å². The number of aromatic nitrogens is 2. The van der Waals surface area contributed by atoms with Crippen LogP contribution in [0.5, 0.6) is 5.75 Å². The Balaban J connectivity index is 1.30.